The topological polar surface area (TPSA) is 92.4 Å². The molecule has 0 fully saturated rings. The van der Waals surface area contributed by atoms with E-state index in [0.717, 1.165) is 0 Å². The van der Waals surface area contributed by atoms with E-state index in [-0.39, 0.29) is 5.91 Å². The number of hydrogen-bond donors (Lipinski definition) is 3. The number of hydrogen-bond acceptors (Lipinski definition) is 4. The van der Waals surface area contributed by atoms with E-state index < -0.39 is 12.1 Å². The lowest BCUT2D eigenvalue weighted by molar-refractivity contribution is -0.124. The number of ether oxygens (including phenoxy) is 1. The number of amides is 3. The van der Waals surface area contributed by atoms with Gasteiger partial charge in [0.15, 0.2) is 0 Å². The normalized spacial score (nSPS) is 11.4. The Balaban J connectivity index is 1.97. The molecule has 0 radical (unpaired) electrons. The Hall–Kier alpha value is -2.93. The van der Waals surface area contributed by atoms with Crippen LogP contribution in [0.5, 0.6) is 0 Å². The number of nitrogens with zero attached hydrogens (tertiary/aromatic N) is 1. The van der Waals surface area contributed by atoms with Crippen LogP contribution in [0, 0.1) is 0 Å². The molecular formula is C16H18N4O3. The van der Waals surface area contributed by atoms with Crippen LogP contribution in [-0.4, -0.2) is 30.1 Å². The number of urea groups is 1. The molecule has 3 amide bonds. The Bertz CT molecular complexity index is 676. The van der Waals surface area contributed by atoms with E-state index in [2.05, 4.69) is 20.9 Å². The van der Waals surface area contributed by atoms with Gasteiger partial charge in [0.25, 0.3) is 5.91 Å². The van der Waals surface area contributed by atoms with Crippen molar-refractivity contribution in [3.63, 3.8) is 0 Å². The fourth-order valence-corrected chi connectivity index (χ4v) is 1.76. The molecule has 1 aromatic carbocycles. The summed E-state index contributed by atoms with van der Waals surface area (Å²) in [5, 5.41) is 8.06. The predicted molar refractivity (Wildman–Crippen MR) is 88.4 cm³/mol. The zero-order chi connectivity index (χ0) is 16.7. The lowest BCUT2D eigenvalue weighted by Gasteiger charge is -2.12. The minimum Gasteiger partial charge on any atom is -0.372 e. The first-order chi connectivity index (χ1) is 11.1. The fourth-order valence-electron chi connectivity index (χ4n) is 1.76. The van der Waals surface area contributed by atoms with E-state index >= 15 is 0 Å². The fraction of sp³-hybridized carbons (Fsp3) is 0.188. The van der Waals surface area contributed by atoms with Crippen molar-refractivity contribution in [3.8, 4) is 0 Å². The molecule has 0 aliphatic rings. The number of anilines is 3. The quantitative estimate of drug-likeness (QED) is 0.791. The summed E-state index contributed by atoms with van der Waals surface area (Å²) in [4.78, 5) is 27.6. The van der Waals surface area contributed by atoms with Crippen molar-refractivity contribution in [3.05, 3.63) is 48.8 Å². The first kappa shape index (κ1) is 16.4. The van der Waals surface area contributed by atoms with Gasteiger partial charge in [0, 0.05) is 24.7 Å². The summed E-state index contributed by atoms with van der Waals surface area (Å²) in [5.74, 6) is -0.260. The highest BCUT2D eigenvalue weighted by atomic mass is 16.5. The molecule has 0 aliphatic carbocycles. The highest BCUT2D eigenvalue weighted by Gasteiger charge is 2.11. The summed E-state index contributed by atoms with van der Waals surface area (Å²) in [5.41, 5.74) is 1.70. The Morgan fingerprint density at radius 3 is 2.35 bits per heavy atom. The minimum atomic E-state index is -0.555. The second kappa shape index (κ2) is 7.90. The van der Waals surface area contributed by atoms with Crippen LogP contribution >= 0.6 is 0 Å². The molecule has 0 saturated heterocycles. The van der Waals surface area contributed by atoms with E-state index in [1.165, 1.54) is 7.11 Å². The van der Waals surface area contributed by atoms with Gasteiger partial charge in [-0.25, -0.2) is 4.79 Å². The summed E-state index contributed by atoms with van der Waals surface area (Å²) in [6.45, 7) is 1.65. The number of rotatable bonds is 5. The van der Waals surface area contributed by atoms with Gasteiger partial charge in [-0.2, -0.15) is 0 Å². The van der Waals surface area contributed by atoms with Crippen LogP contribution < -0.4 is 16.0 Å². The van der Waals surface area contributed by atoms with Crippen molar-refractivity contribution in [1.82, 2.24) is 4.98 Å². The summed E-state index contributed by atoms with van der Waals surface area (Å²) < 4.78 is 4.95. The summed E-state index contributed by atoms with van der Waals surface area (Å²) in [6, 6.07) is 9.89. The second-order valence-corrected chi connectivity index (χ2v) is 4.77. The van der Waals surface area contributed by atoms with Crippen molar-refractivity contribution in [2.24, 2.45) is 0 Å². The lowest BCUT2D eigenvalue weighted by Crippen LogP contribution is -2.26. The number of methoxy groups -OCH3 is 1. The standard InChI is InChI=1S/C16H18N4O3/c1-11(23-2)15(21)18-12-5-3-6-13(9-12)19-16(22)20-14-7-4-8-17-10-14/h3-11H,1-2H3,(H,18,21)(H2,19,20,22)/t11-/m1/s1. The largest absolute Gasteiger partial charge is 0.372 e. The smallest absolute Gasteiger partial charge is 0.323 e. The Morgan fingerprint density at radius 1 is 1.04 bits per heavy atom. The monoisotopic (exact) mass is 314 g/mol. The highest BCUT2D eigenvalue weighted by Crippen LogP contribution is 2.16. The van der Waals surface area contributed by atoms with E-state index in [9.17, 15) is 9.59 Å². The highest BCUT2D eigenvalue weighted by molar-refractivity contribution is 6.00. The molecule has 2 aromatic rings. The average Bonchev–Trinajstić information content (AvgIpc) is 2.55. The molecule has 1 aromatic heterocycles. The second-order valence-electron chi connectivity index (χ2n) is 4.77. The Kier molecular flexibility index (Phi) is 5.65. The van der Waals surface area contributed by atoms with E-state index in [0.29, 0.717) is 17.1 Å². The third-order valence-corrected chi connectivity index (χ3v) is 3.03. The van der Waals surface area contributed by atoms with Crippen LogP contribution in [0.3, 0.4) is 0 Å². The molecule has 0 bridgehead atoms. The molecular weight excluding hydrogens is 296 g/mol. The molecule has 23 heavy (non-hydrogen) atoms. The van der Waals surface area contributed by atoms with Gasteiger partial charge in [0.05, 0.1) is 11.9 Å². The van der Waals surface area contributed by atoms with Gasteiger partial charge < -0.3 is 20.7 Å². The van der Waals surface area contributed by atoms with E-state index in [1.54, 1.807) is 55.7 Å². The zero-order valence-corrected chi connectivity index (χ0v) is 12.9. The molecule has 7 nitrogen and oxygen atoms in total. The third-order valence-electron chi connectivity index (χ3n) is 3.03. The number of carbonyl (C=O) groups is 2. The molecule has 7 heteroatoms. The number of benzene rings is 1. The molecule has 0 unspecified atom stereocenters. The average molecular weight is 314 g/mol. The van der Waals surface area contributed by atoms with Crippen LogP contribution in [-0.2, 0) is 9.53 Å². The predicted octanol–water partition coefficient (Wildman–Crippen LogP) is 2.70. The van der Waals surface area contributed by atoms with Crippen LogP contribution in [0.1, 0.15) is 6.92 Å². The maximum Gasteiger partial charge on any atom is 0.323 e. The molecule has 1 atom stereocenters. The van der Waals surface area contributed by atoms with Crippen molar-refractivity contribution in [2.45, 2.75) is 13.0 Å². The van der Waals surface area contributed by atoms with Gasteiger partial charge in [-0.3, -0.25) is 9.78 Å². The van der Waals surface area contributed by atoms with Crippen LogP contribution in [0.15, 0.2) is 48.8 Å². The van der Waals surface area contributed by atoms with Crippen molar-refractivity contribution < 1.29 is 14.3 Å². The SMILES string of the molecule is CO[C@H](C)C(=O)Nc1cccc(NC(=O)Nc2cccnc2)c1. The Labute approximate surface area is 134 Å². The summed E-state index contributed by atoms with van der Waals surface area (Å²) in [7, 11) is 1.46. The first-order valence-electron chi connectivity index (χ1n) is 7.00. The number of aromatic nitrogens is 1. The van der Waals surface area contributed by atoms with Crippen molar-refractivity contribution in [2.75, 3.05) is 23.1 Å². The number of pyridine rings is 1. The third kappa shape index (κ3) is 5.08. The number of nitrogens with one attached hydrogen (secondary N) is 3. The van der Waals surface area contributed by atoms with Gasteiger partial charge >= 0.3 is 6.03 Å². The van der Waals surface area contributed by atoms with Gasteiger partial charge in [0.1, 0.15) is 6.10 Å². The maximum atomic E-state index is 11.9. The van der Waals surface area contributed by atoms with Gasteiger partial charge in [-0.1, -0.05) is 6.07 Å². The molecule has 120 valence electrons. The van der Waals surface area contributed by atoms with E-state index in [1.807, 2.05) is 0 Å². The number of carbonyl (C=O) groups excluding carboxylic acids is 2. The lowest BCUT2D eigenvalue weighted by atomic mass is 10.2. The van der Waals surface area contributed by atoms with Crippen LogP contribution in [0.4, 0.5) is 21.9 Å². The first-order valence-corrected chi connectivity index (χ1v) is 7.00. The van der Waals surface area contributed by atoms with Gasteiger partial charge in [-0.15, -0.1) is 0 Å². The molecule has 1 heterocycles. The van der Waals surface area contributed by atoms with E-state index in [4.69, 9.17) is 4.74 Å². The maximum absolute atomic E-state index is 11.9. The zero-order valence-electron chi connectivity index (χ0n) is 12.9. The molecule has 3 N–H and O–H groups in total. The van der Waals surface area contributed by atoms with Crippen LogP contribution in [0.25, 0.3) is 0 Å². The molecule has 0 aliphatic heterocycles. The minimum absolute atomic E-state index is 0.260. The van der Waals surface area contributed by atoms with Gasteiger partial charge in [0.2, 0.25) is 0 Å². The molecule has 2 rings (SSSR count). The summed E-state index contributed by atoms with van der Waals surface area (Å²) in [6.07, 6.45) is 2.61. The van der Waals surface area contributed by atoms with Crippen molar-refractivity contribution >= 4 is 29.0 Å². The van der Waals surface area contributed by atoms with Gasteiger partial charge in [-0.05, 0) is 37.3 Å². The Morgan fingerprint density at radius 2 is 1.70 bits per heavy atom. The molecule has 0 saturated carbocycles. The summed E-state index contributed by atoms with van der Waals surface area (Å²) >= 11 is 0. The van der Waals surface area contributed by atoms with Crippen LogP contribution in [0.2, 0.25) is 0 Å². The van der Waals surface area contributed by atoms with Crippen molar-refractivity contribution in [1.29, 1.82) is 0 Å². The molecule has 0 spiro atoms.